The highest BCUT2D eigenvalue weighted by Crippen LogP contribution is 2.27. The Morgan fingerprint density at radius 1 is 1.40 bits per heavy atom. The van der Waals surface area contributed by atoms with Gasteiger partial charge in [0.25, 0.3) is 0 Å². The average Bonchev–Trinajstić information content (AvgIpc) is 2.88. The van der Waals surface area contributed by atoms with Crippen molar-refractivity contribution in [3.05, 3.63) is 17.5 Å². The number of rotatable bonds is 5. The molecule has 1 aliphatic carbocycles. The molecule has 1 fully saturated rings. The fraction of sp³-hybridized carbons (Fsp3) is 0.667. The van der Waals surface area contributed by atoms with Gasteiger partial charge >= 0.3 is 0 Å². The summed E-state index contributed by atoms with van der Waals surface area (Å²) < 4.78 is 0. The number of nitrogens with two attached hydrogens (primary N) is 1. The molecule has 1 aromatic heterocycles. The van der Waals surface area contributed by atoms with Crippen LogP contribution in [0, 0.1) is 12.8 Å². The Balaban J connectivity index is 2.34. The van der Waals surface area contributed by atoms with E-state index in [-0.39, 0.29) is 0 Å². The number of aryl methyl sites for hydroxylation is 1. The molecule has 0 aliphatic heterocycles. The fourth-order valence-corrected chi connectivity index (χ4v) is 2.92. The number of anilines is 1. The van der Waals surface area contributed by atoms with Gasteiger partial charge in [-0.2, -0.15) is 0 Å². The molecule has 0 spiro atoms. The van der Waals surface area contributed by atoms with Crippen molar-refractivity contribution in [3.63, 3.8) is 0 Å². The third-order valence-electron chi connectivity index (χ3n) is 3.68. The molecule has 4 nitrogen and oxygen atoms in total. The van der Waals surface area contributed by atoms with Crippen LogP contribution in [0.1, 0.15) is 50.9 Å². The topological polar surface area (TPSA) is 55.0 Å². The van der Waals surface area contributed by atoms with E-state index in [0.717, 1.165) is 18.2 Å². The molecular weight excluding hydrogens is 268 g/mol. The maximum Gasteiger partial charge on any atom is 0.226 e. The van der Waals surface area contributed by atoms with Crippen LogP contribution in [-0.4, -0.2) is 27.5 Å². The maximum absolute atomic E-state index is 5.73. The minimum atomic E-state index is 0.340. The highest BCUT2D eigenvalue weighted by atomic mass is 32.1. The van der Waals surface area contributed by atoms with Gasteiger partial charge < -0.3 is 10.6 Å². The molecule has 0 radical (unpaired) electrons. The lowest BCUT2D eigenvalue weighted by molar-refractivity contribution is 0.525. The van der Waals surface area contributed by atoms with Gasteiger partial charge in [0.1, 0.15) is 10.7 Å². The van der Waals surface area contributed by atoms with Crippen molar-refractivity contribution in [2.45, 2.75) is 52.5 Å². The predicted octanol–water partition coefficient (Wildman–Crippen LogP) is 2.82. The van der Waals surface area contributed by atoms with Crippen LogP contribution in [0.25, 0.3) is 0 Å². The molecule has 0 saturated heterocycles. The van der Waals surface area contributed by atoms with Crippen LogP contribution < -0.4 is 10.6 Å². The maximum atomic E-state index is 5.73. The monoisotopic (exact) mass is 292 g/mol. The zero-order chi connectivity index (χ0) is 14.7. The van der Waals surface area contributed by atoms with Crippen molar-refractivity contribution in [1.29, 1.82) is 0 Å². The summed E-state index contributed by atoms with van der Waals surface area (Å²) in [6.07, 6.45) is 5.05. The molecule has 20 heavy (non-hydrogen) atoms. The van der Waals surface area contributed by atoms with Gasteiger partial charge in [0, 0.05) is 18.3 Å². The highest BCUT2D eigenvalue weighted by molar-refractivity contribution is 7.80. The second-order valence-electron chi connectivity index (χ2n) is 6.04. The van der Waals surface area contributed by atoms with E-state index in [9.17, 15) is 0 Å². The number of thiocarbonyl (C=S) groups is 1. The Morgan fingerprint density at radius 2 is 2.05 bits per heavy atom. The van der Waals surface area contributed by atoms with E-state index >= 15 is 0 Å². The Labute approximate surface area is 126 Å². The Bertz CT molecular complexity index is 481. The summed E-state index contributed by atoms with van der Waals surface area (Å²) in [5.41, 5.74) is 7.33. The summed E-state index contributed by atoms with van der Waals surface area (Å²) >= 11 is 5.06. The highest BCUT2D eigenvalue weighted by Gasteiger charge is 2.25. The summed E-state index contributed by atoms with van der Waals surface area (Å²) in [6, 6.07) is 2.41. The summed E-state index contributed by atoms with van der Waals surface area (Å²) in [7, 11) is 0. The van der Waals surface area contributed by atoms with Crippen molar-refractivity contribution in [1.82, 2.24) is 9.97 Å². The molecule has 0 aromatic carbocycles. The number of nitrogens with zero attached hydrogens (tertiary/aromatic N) is 3. The zero-order valence-electron chi connectivity index (χ0n) is 12.6. The van der Waals surface area contributed by atoms with E-state index in [1.165, 1.54) is 25.7 Å². The van der Waals surface area contributed by atoms with Crippen LogP contribution in [0.2, 0.25) is 0 Å². The molecular formula is C15H24N4S. The number of hydrogen-bond acceptors (Lipinski definition) is 4. The van der Waals surface area contributed by atoms with Gasteiger partial charge in [-0.25, -0.2) is 9.97 Å². The van der Waals surface area contributed by atoms with Crippen LogP contribution in [0.15, 0.2) is 6.07 Å². The average molecular weight is 292 g/mol. The molecule has 1 aromatic rings. The van der Waals surface area contributed by atoms with Gasteiger partial charge in [0.2, 0.25) is 5.95 Å². The van der Waals surface area contributed by atoms with Crippen LogP contribution in [0.3, 0.4) is 0 Å². The SMILES string of the molecule is Cc1cc(C(N)=S)nc(N(CC(C)C)C2CCCC2)n1. The first-order valence-corrected chi connectivity index (χ1v) is 7.80. The number of hydrogen-bond donors (Lipinski definition) is 1. The third-order valence-corrected chi connectivity index (χ3v) is 3.89. The largest absolute Gasteiger partial charge is 0.388 e. The fourth-order valence-electron chi connectivity index (χ4n) is 2.81. The van der Waals surface area contributed by atoms with Crippen LogP contribution in [-0.2, 0) is 0 Å². The van der Waals surface area contributed by atoms with E-state index < -0.39 is 0 Å². The van der Waals surface area contributed by atoms with E-state index in [4.69, 9.17) is 18.0 Å². The summed E-state index contributed by atoms with van der Waals surface area (Å²) in [4.78, 5) is 11.9. The smallest absolute Gasteiger partial charge is 0.226 e. The van der Waals surface area contributed by atoms with Crippen molar-refractivity contribution in [2.24, 2.45) is 11.7 Å². The predicted molar refractivity (Wildman–Crippen MR) is 87.1 cm³/mol. The van der Waals surface area contributed by atoms with Crippen molar-refractivity contribution in [2.75, 3.05) is 11.4 Å². The van der Waals surface area contributed by atoms with E-state index in [2.05, 4.69) is 28.7 Å². The zero-order valence-corrected chi connectivity index (χ0v) is 13.4. The molecule has 1 saturated carbocycles. The van der Waals surface area contributed by atoms with Crippen LogP contribution >= 0.6 is 12.2 Å². The molecule has 1 aliphatic rings. The first kappa shape index (κ1) is 15.2. The molecule has 2 N–H and O–H groups in total. The van der Waals surface area contributed by atoms with Crippen molar-refractivity contribution < 1.29 is 0 Å². The van der Waals surface area contributed by atoms with E-state index in [1.807, 2.05) is 13.0 Å². The molecule has 0 atom stereocenters. The van der Waals surface area contributed by atoms with Crippen molar-refractivity contribution in [3.8, 4) is 0 Å². The summed E-state index contributed by atoms with van der Waals surface area (Å²) in [5.74, 6) is 1.36. The van der Waals surface area contributed by atoms with Gasteiger partial charge in [0.15, 0.2) is 0 Å². The van der Waals surface area contributed by atoms with Gasteiger partial charge in [-0.05, 0) is 31.7 Å². The van der Waals surface area contributed by atoms with E-state index in [0.29, 0.717) is 22.6 Å². The lowest BCUT2D eigenvalue weighted by atomic mass is 10.1. The van der Waals surface area contributed by atoms with E-state index in [1.54, 1.807) is 0 Å². The van der Waals surface area contributed by atoms with Crippen LogP contribution in [0.4, 0.5) is 5.95 Å². The minimum absolute atomic E-state index is 0.340. The molecule has 0 amide bonds. The third kappa shape index (κ3) is 3.66. The first-order chi connectivity index (χ1) is 9.47. The minimum Gasteiger partial charge on any atom is -0.388 e. The lowest BCUT2D eigenvalue weighted by Gasteiger charge is -2.31. The lowest BCUT2D eigenvalue weighted by Crippen LogP contribution is -2.38. The van der Waals surface area contributed by atoms with Gasteiger partial charge in [-0.1, -0.05) is 38.9 Å². The van der Waals surface area contributed by atoms with Gasteiger partial charge in [-0.3, -0.25) is 0 Å². The van der Waals surface area contributed by atoms with Gasteiger partial charge in [-0.15, -0.1) is 0 Å². The van der Waals surface area contributed by atoms with Crippen molar-refractivity contribution >= 4 is 23.2 Å². The quantitative estimate of drug-likeness (QED) is 0.846. The normalized spacial score (nSPS) is 15.8. The first-order valence-electron chi connectivity index (χ1n) is 7.39. The molecule has 0 unspecified atom stereocenters. The molecule has 2 rings (SSSR count). The number of aromatic nitrogens is 2. The standard InChI is InChI=1S/C15H24N4S/c1-10(2)9-19(12-6-4-5-7-12)15-17-11(3)8-13(18-15)14(16)20/h8,10,12H,4-7,9H2,1-3H3,(H2,16,20). The molecule has 110 valence electrons. The Morgan fingerprint density at radius 3 is 2.60 bits per heavy atom. The molecule has 0 bridgehead atoms. The Kier molecular flexibility index (Phi) is 4.91. The molecule has 5 heteroatoms. The van der Waals surface area contributed by atoms with Crippen LogP contribution in [0.5, 0.6) is 0 Å². The summed E-state index contributed by atoms with van der Waals surface area (Å²) in [5, 5.41) is 0. The van der Waals surface area contributed by atoms with Gasteiger partial charge in [0.05, 0.1) is 0 Å². The summed E-state index contributed by atoms with van der Waals surface area (Å²) in [6.45, 7) is 7.40. The Hall–Kier alpha value is -1.23. The second-order valence-corrected chi connectivity index (χ2v) is 6.48. The molecule has 1 heterocycles. The second kappa shape index (κ2) is 6.48.